The van der Waals surface area contributed by atoms with Gasteiger partial charge in [-0.15, -0.1) is 0 Å². The van der Waals surface area contributed by atoms with E-state index in [1.54, 1.807) is 42.9 Å². The molecule has 0 atom stereocenters. The zero-order valence-electron chi connectivity index (χ0n) is 14.7. The van der Waals surface area contributed by atoms with Crippen molar-refractivity contribution in [2.75, 3.05) is 6.61 Å². The van der Waals surface area contributed by atoms with Crippen LogP contribution in [-0.2, 0) is 10.0 Å². The average molecular weight is 377 g/mol. The van der Waals surface area contributed by atoms with Crippen molar-refractivity contribution in [1.29, 1.82) is 0 Å². The largest absolute Gasteiger partial charge is 0.494 e. The highest BCUT2D eigenvalue weighted by atomic mass is 32.2. The van der Waals surface area contributed by atoms with Gasteiger partial charge in [0.1, 0.15) is 11.9 Å². The van der Waals surface area contributed by atoms with Crippen molar-refractivity contribution < 1.29 is 17.9 Å². The lowest BCUT2D eigenvalue weighted by Gasteiger charge is -2.28. The molecule has 140 valence electrons. The first kappa shape index (κ1) is 18.6. The molecule has 0 aliphatic heterocycles. The minimum Gasteiger partial charge on any atom is -0.494 e. The highest BCUT2D eigenvalue weighted by Gasteiger charge is 2.26. The Morgan fingerprint density at radius 3 is 2.46 bits per heavy atom. The predicted octanol–water partition coefficient (Wildman–Crippen LogP) is 2.54. The van der Waals surface area contributed by atoms with Gasteiger partial charge in [0.15, 0.2) is 0 Å². The van der Waals surface area contributed by atoms with Gasteiger partial charge in [-0.2, -0.15) is 0 Å². The second kappa shape index (κ2) is 8.46. The first-order chi connectivity index (χ1) is 12.6. The fourth-order valence-electron chi connectivity index (χ4n) is 2.98. The van der Waals surface area contributed by atoms with Gasteiger partial charge >= 0.3 is 0 Å². The number of benzene rings is 1. The molecular formula is C18H23N3O4S. The Morgan fingerprint density at radius 2 is 1.85 bits per heavy atom. The monoisotopic (exact) mass is 377 g/mol. The van der Waals surface area contributed by atoms with Gasteiger partial charge in [0.2, 0.25) is 15.9 Å². The van der Waals surface area contributed by atoms with Crippen molar-refractivity contribution >= 4 is 10.0 Å². The molecule has 1 aliphatic carbocycles. The molecule has 2 aromatic rings. The number of rotatable bonds is 7. The lowest BCUT2D eigenvalue weighted by molar-refractivity contribution is 0.138. The zero-order valence-corrected chi connectivity index (χ0v) is 15.5. The maximum atomic E-state index is 12.5. The molecule has 0 saturated heterocycles. The molecule has 3 rings (SSSR count). The van der Waals surface area contributed by atoms with Gasteiger partial charge in [-0.05, 0) is 56.9 Å². The van der Waals surface area contributed by atoms with Gasteiger partial charge < -0.3 is 9.47 Å². The third kappa shape index (κ3) is 4.92. The molecule has 1 aromatic heterocycles. The van der Waals surface area contributed by atoms with Gasteiger partial charge in [0.25, 0.3) is 0 Å². The van der Waals surface area contributed by atoms with Crippen molar-refractivity contribution in [3.05, 3.63) is 42.9 Å². The summed E-state index contributed by atoms with van der Waals surface area (Å²) in [5.41, 5.74) is 0. The summed E-state index contributed by atoms with van der Waals surface area (Å²) < 4.78 is 39.0. The third-order valence-corrected chi connectivity index (χ3v) is 5.80. The maximum absolute atomic E-state index is 12.5. The Morgan fingerprint density at radius 1 is 1.12 bits per heavy atom. The number of sulfonamides is 1. The van der Waals surface area contributed by atoms with E-state index in [4.69, 9.17) is 9.47 Å². The number of nitrogens with zero attached hydrogens (tertiary/aromatic N) is 2. The van der Waals surface area contributed by atoms with Crippen LogP contribution in [0.5, 0.6) is 11.6 Å². The van der Waals surface area contributed by atoms with Crippen LogP contribution in [0.15, 0.2) is 47.8 Å². The number of hydrogen-bond donors (Lipinski definition) is 1. The number of ether oxygens (including phenoxy) is 2. The number of hydrogen-bond acceptors (Lipinski definition) is 6. The predicted molar refractivity (Wildman–Crippen MR) is 96.6 cm³/mol. The summed E-state index contributed by atoms with van der Waals surface area (Å²) in [5, 5.41) is 0. The van der Waals surface area contributed by atoms with Gasteiger partial charge in [-0.3, -0.25) is 4.98 Å². The van der Waals surface area contributed by atoms with Crippen molar-refractivity contribution in [3.63, 3.8) is 0 Å². The first-order valence-corrected chi connectivity index (χ1v) is 10.2. The Bertz CT molecular complexity index is 789. The Kier molecular flexibility index (Phi) is 6.05. The van der Waals surface area contributed by atoms with E-state index < -0.39 is 10.0 Å². The highest BCUT2D eigenvalue weighted by molar-refractivity contribution is 7.89. The summed E-state index contributed by atoms with van der Waals surface area (Å²) in [5.74, 6) is 1.17. The normalized spacial score (nSPS) is 20.5. The fourth-order valence-corrected chi connectivity index (χ4v) is 4.29. The van der Waals surface area contributed by atoms with E-state index in [0.717, 1.165) is 25.7 Å². The standard InChI is InChI=1S/C18H23N3O4S/c1-2-24-15-7-9-17(10-8-15)26(22,23)21-14-3-5-16(6-4-14)25-18-13-19-11-12-20-18/h7-14,16,21H,2-6H2,1H3. The molecule has 1 saturated carbocycles. The molecule has 0 spiro atoms. The van der Waals surface area contributed by atoms with E-state index in [2.05, 4.69) is 14.7 Å². The molecule has 0 bridgehead atoms. The van der Waals surface area contributed by atoms with Crippen LogP contribution in [0.1, 0.15) is 32.6 Å². The molecule has 8 heteroatoms. The van der Waals surface area contributed by atoms with Gasteiger partial charge in [0.05, 0.1) is 17.7 Å². The maximum Gasteiger partial charge on any atom is 0.240 e. The summed E-state index contributed by atoms with van der Waals surface area (Å²) in [6.45, 7) is 2.43. The van der Waals surface area contributed by atoms with Crippen molar-refractivity contribution in [3.8, 4) is 11.6 Å². The van der Waals surface area contributed by atoms with Crippen molar-refractivity contribution in [2.24, 2.45) is 0 Å². The van der Waals surface area contributed by atoms with Crippen LogP contribution in [0.2, 0.25) is 0 Å². The summed E-state index contributed by atoms with van der Waals surface area (Å²) >= 11 is 0. The molecule has 0 radical (unpaired) electrons. The summed E-state index contributed by atoms with van der Waals surface area (Å²) in [6, 6.07) is 6.38. The molecule has 0 amide bonds. The molecule has 0 unspecified atom stereocenters. The first-order valence-electron chi connectivity index (χ1n) is 8.74. The van der Waals surface area contributed by atoms with Gasteiger partial charge in [-0.25, -0.2) is 18.1 Å². The molecule has 1 aliphatic rings. The number of aromatic nitrogens is 2. The van der Waals surface area contributed by atoms with Crippen LogP contribution in [0.3, 0.4) is 0 Å². The lowest BCUT2D eigenvalue weighted by Crippen LogP contribution is -2.39. The van der Waals surface area contributed by atoms with E-state index in [1.165, 1.54) is 0 Å². The molecule has 1 heterocycles. The van der Waals surface area contributed by atoms with Crippen LogP contribution in [0.25, 0.3) is 0 Å². The topological polar surface area (TPSA) is 90.4 Å². The second-order valence-corrected chi connectivity index (χ2v) is 7.87. The minimum atomic E-state index is -3.54. The van der Waals surface area contributed by atoms with E-state index in [-0.39, 0.29) is 17.0 Å². The van der Waals surface area contributed by atoms with Crippen LogP contribution in [0.4, 0.5) is 0 Å². The van der Waals surface area contributed by atoms with E-state index in [9.17, 15) is 8.42 Å². The summed E-state index contributed by atoms with van der Waals surface area (Å²) in [4.78, 5) is 8.33. The lowest BCUT2D eigenvalue weighted by atomic mass is 9.94. The zero-order chi connectivity index (χ0) is 18.4. The van der Waals surface area contributed by atoms with Crippen LogP contribution < -0.4 is 14.2 Å². The Hall–Kier alpha value is -2.19. The molecule has 1 aromatic carbocycles. The smallest absolute Gasteiger partial charge is 0.240 e. The van der Waals surface area contributed by atoms with E-state index in [0.29, 0.717) is 18.2 Å². The highest BCUT2D eigenvalue weighted by Crippen LogP contribution is 2.24. The van der Waals surface area contributed by atoms with Gasteiger partial charge in [0, 0.05) is 18.4 Å². The summed E-state index contributed by atoms with van der Waals surface area (Å²) in [6.07, 6.45) is 7.80. The second-order valence-electron chi connectivity index (χ2n) is 6.16. The van der Waals surface area contributed by atoms with Crippen LogP contribution in [-0.4, -0.2) is 37.1 Å². The van der Waals surface area contributed by atoms with E-state index in [1.807, 2.05) is 6.92 Å². The minimum absolute atomic E-state index is 0.0398. The van der Waals surface area contributed by atoms with E-state index >= 15 is 0 Å². The molecule has 1 fully saturated rings. The Labute approximate surface area is 153 Å². The van der Waals surface area contributed by atoms with Crippen LogP contribution >= 0.6 is 0 Å². The van der Waals surface area contributed by atoms with Crippen LogP contribution in [0, 0.1) is 0 Å². The third-order valence-electron chi connectivity index (χ3n) is 4.27. The molecule has 1 N–H and O–H groups in total. The van der Waals surface area contributed by atoms with Crippen molar-refractivity contribution in [2.45, 2.75) is 49.6 Å². The molecule has 7 nitrogen and oxygen atoms in total. The summed E-state index contributed by atoms with van der Waals surface area (Å²) in [7, 11) is -3.54. The number of nitrogens with one attached hydrogen (secondary N) is 1. The molecular weight excluding hydrogens is 354 g/mol. The van der Waals surface area contributed by atoms with Gasteiger partial charge in [-0.1, -0.05) is 0 Å². The molecule has 26 heavy (non-hydrogen) atoms. The quantitative estimate of drug-likeness (QED) is 0.797. The van der Waals surface area contributed by atoms with Crippen molar-refractivity contribution in [1.82, 2.24) is 14.7 Å². The average Bonchev–Trinajstić information content (AvgIpc) is 2.65. The fraction of sp³-hybridized carbons (Fsp3) is 0.444. The Balaban J connectivity index is 1.53. The SMILES string of the molecule is CCOc1ccc(S(=O)(=O)NC2CCC(Oc3cnccn3)CC2)cc1.